The summed E-state index contributed by atoms with van der Waals surface area (Å²) in [6.45, 7) is 3.37. The number of hydrogen-bond acceptors (Lipinski definition) is 3. The van der Waals surface area contributed by atoms with Crippen LogP contribution in [0.25, 0.3) is 0 Å². The summed E-state index contributed by atoms with van der Waals surface area (Å²) in [6.07, 6.45) is 4.17. The lowest BCUT2D eigenvalue weighted by molar-refractivity contribution is -0.119. The van der Waals surface area contributed by atoms with Crippen molar-refractivity contribution >= 4 is 5.78 Å². The van der Waals surface area contributed by atoms with Crippen LogP contribution in [0.1, 0.15) is 12.5 Å². The summed E-state index contributed by atoms with van der Waals surface area (Å²) in [6, 6.07) is 0. The van der Waals surface area contributed by atoms with E-state index in [1.807, 2.05) is 36.8 Å². The van der Waals surface area contributed by atoms with Crippen LogP contribution in [0.4, 0.5) is 0 Å². The number of carbonyl (C=O) groups excluding carboxylic acids is 1. The molecule has 0 spiro atoms. The maximum absolute atomic E-state index is 11.4. The highest BCUT2D eigenvalue weighted by Crippen LogP contribution is 2.00. The molecule has 0 fully saturated rings. The molecule has 0 unspecified atom stereocenters. The van der Waals surface area contributed by atoms with Gasteiger partial charge in [0.15, 0.2) is 5.78 Å². The average molecular weight is 195 g/mol. The number of ketones is 1. The van der Waals surface area contributed by atoms with Crippen LogP contribution in [0.5, 0.6) is 0 Å². The number of hydrogen-bond donors (Lipinski definition) is 0. The number of aryl methyl sites for hydroxylation is 1. The number of aromatic nitrogens is 2. The van der Waals surface area contributed by atoms with Gasteiger partial charge in [-0.3, -0.25) is 9.48 Å². The molecule has 0 N–H and O–H groups in total. The zero-order valence-corrected chi connectivity index (χ0v) is 9.03. The van der Waals surface area contributed by atoms with Gasteiger partial charge in [0, 0.05) is 19.2 Å². The first-order valence-electron chi connectivity index (χ1n) is 4.79. The van der Waals surface area contributed by atoms with E-state index in [1.165, 1.54) is 0 Å². The Bertz CT molecular complexity index is 304. The van der Waals surface area contributed by atoms with Crippen LogP contribution in [0, 0.1) is 0 Å². The van der Waals surface area contributed by atoms with Crippen molar-refractivity contribution in [3.8, 4) is 0 Å². The van der Waals surface area contributed by atoms with Gasteiger partial charge in [-0.15, -0.1) is 0 Å². The Kier molecular flexibility index (Phi) is 3.83. The van der Waals surface area contributed by atoms with Crippen LogP contribution in [-0.4, -0.2) is 41.1 Å². The van der Waals surface area contributed by atoms with Gasteiger partial charge < -0.3 is 4.90 Å². The molecule has 0 aliphatic carbocycles. The van der Waals surface area contributed by atoms with Crippen LogP contribution in [-0.2, 0) is 17.8 Å². The Morgan fingerprint density at radius 3 is 2.79 bits per heavy atom. The van der Waals surface area contributed by atoms with Gasteiger partial charge in [0.2, 0.25) is 0 Å². The number of likely N-dealkylation sites (N-methyl/N-ethyl adjacent to an activating group) is 1. The van der Waals surface area contributed by atoms with Crippen LogP contribution < -0.4 is 0 Å². The summed E-state index contributed by atoms with van der Waals surface area (Å²) in [5.74, 6) is 0.227. The molecule has 1 rings (SSSR count). The molecule has 78 valence electrons. The van der Waals surface area contributed by atoms with Crippen molar-refractivity contribution in [2.75, 3.05) is 20.6 Å². The van der Waals surface area contributed by atoms with Crippen LogP contribution in [0.2, 0.25) is 0 Å². The normalized spacial score (nSPS) is 10.9. The van der Waals surface area contributed by atoms with Crippen LogP contribution in [0.3, 0.4) is 0 Å². The quantitative estimate of drug-likeness (QED) is 0.689. The molecule has 4 heteroatoms. The number of Topliss-reactive ketones (excluding diaryl/α,β-unsaturated/α-hetero) is 1. The first kappa shape index (κ1) is 10.9. The fraction of sp³-hybridized carbons (Fsp3) is 0.600. The van der Waals surface area contributed by atoms with Gasteiger partial charge in [0.1, 0.15) is 0 Å². The van der Waals surface area contributed by atoms with Crippen molar-refractivity contribution in [1.29, 1.82) is 0 Å². The molecule has 0 radical (unpaired) electrons. The zero-order chi connectivity index (χ0) is 10.6. The molecule has 0 bridgehead atoms. The summed E-state index contributed by atoms with van der Waals surface area (Å²) in [5.41, 5.74) is 0.999. The summed E-state index contributed by atoms with van der Waals surface area (Å²) in [7, 11) is 3.79. The van der Waals surface area contributed by atoms with Crippen molar-refractivity contribution in [3.63, 3.8) is 0 Å². The SMILES string of the molecule is CCn1cc(CC(=O)CN(C)C)cn1. The van der Waals surface area contributed by atoms with E-state index in [0.29, 0.717) is 13.0 Å². The number of rotatable bonds is 5. The molecule has 0 atom stereocenters. The molecule has 4 nitrogen and oxygen atoms in total. The van der Waals surface area contributed by atoms with Crippen molar-refractivity contribution in [1.82, 2.24) is 14.7 Å². The third kappa shape index (κ3) is 3.30. The topological polar surface area (TPSA) is 38.1 Å². The highest BCUT2D eigenvalue weighted by atomic mass is 16.1. The van der Waals surface area contributed by atoms with Crippen molar-refractivity contribution in [3.05, 3.63) is 18.0 Å². The molecular formula is C10H17N3O. The van der Waals surface area contributed by atoms with E-state index in [2.05, 4.69) is 5.10 Å². The average Bonchev–Trinajstić information content (AvgIpc) is 2.50. The molecule has 1 aromatic heterocycles. The summed E-state index contributed by atoms with van der Waals surface area (Å²) >= 11 is 0. The largest absolute Gasteiger partial charge is 0.302 e. The Hall–Kier alpha value is -1.16. The Morgan fingerprint density at radius 1 is 1.57 bits per heavy atom. The molecule has 0 saturated carbocycles. The maximum Gasteiger partial charge on any atom is 0.151 e. The highest BCUT2D eigenvalue weighted by Gasteiger charge is 2.06. The predicted molar refractivity (Wildman–Crippen MR) is 55.2 cm³/mol. The van der Waals surface area contributed by atoms with Crippen molar-refractivity contribution in [2.45, 2.75) is 19.9 Å². The molecule has 0 saturated heterocycles. The number of carbonyl (C=O) groups is 1. The van der Waals surface area contributed by atoms with Gasteiger partial charge >= 0.3 is 0 Å². The van der Waals surface area contributed by atoms with Crippen LogP contribution in [0.15, 0.2) is 12.4 Å². The van der Waals surface area contributed by atoms with E-state index in [9.17, 15) is 4.79 Å². The lowest BCUT2D eigenvalue weighted by Gasteiger charge is -2.06. The van der Waals surface area contributed by atoms with E-state index >= 15 is 0 Å². The minimum Gasteiger partial charge on any atom is -0.302 e. The fourth-order valence-electron chi connectivity index (χ4n) is 1.31. The Balaban J connectivity index is 2.47. The van der Waals surface area contributed by atoms with Gasteiger partial charge in [0.25, 0.3) is 0 Å². The Labute approximate surface area is 84.5 Å². The van der Waals surface area contributed by atoms with Gasteiger partial charge in [-0.1, -0.05) is 0 Å². The van der Waals surface area contributed by atoms with Gasteiger partial charge in [-0.05, 0) is 26.6 Å². The summed E-state index contributed by atoms with van der Waals surface area (Å²) in [5, 5.41) is 4.12. The molecule has 14 heavy (non-hydrogen) atoms. The minimum absolute atomic E-state index is 0.227. The molecule has 1 heterocycles. The number of nitrogens with zero attached hydrogens (tertiary/aromatic N) is 3. The summed E-state index contributed by atoms with van der Waals surface area (Å²) in [4.78, 5) is 13.3. The van der Waals surface area contributed by atoms with Gasteiger partial charge in [0.05, 0.1) is 12.7 Å². The molecule has 0 aromatic carbocycles. The second kappa shape index (κ2) is 4.91. The predicted octanol–water partition coefficient (Wildman–Crippen LogP) is 0.576. The minimum atomic E-state index is 0.227. The lowest BCUT2D eigenvalue weighted by atomic mass is 10.2. The van der Waals surface area contributed by atoms with E-state index < -0.39 is 0 Å². The van der Waals surface area contributed by atoms with Gasteiger partial charge in [-0.2, -0.15) is 5.10 Å². The summed E-state index contributed by atoms with van der Waals surface area (Å²) < 4.78 is 1.83. The smallest absolute Gasteiger partial charge is 0.151 e. The van der Waals surface area contributed by atoms with Gasteiger partial charge in [-0.25, -0.2) is 0 Å². The zero-order valence-electron chi connectivity index (χ0n) is 9.03. The van der Waals surface area contributed by atoms with E-state index in [1.54, 1.807) is 6.20 Å². The van der Waals surface area contributed by atoms with E-state index in [-0.39, 0.29) is 5.78 Å². The van der Waals surface area contributed by atoms with Crippen LogP contribution >= 0.6 is 0 Å². The monoisotopic (exact) mass is 195 g/mol. The standard InChI is InChI=1S/C10H17N3O/c1-4-13-7-9(6-11-13)5-10(14)8-12(2)3/h6-7H,4-5,8H2,1-3H3. The first-order valence-corrected chi connectivity index (χ1v) is 4.79. The second-order valence-electron chi connectivity index (χ2n) is 3.66. The van der Waals surface area contributed by atoms with Crippen molar-refractivity contribution in [2.24, 2.45) is 0 Å². The fourth-order valence-corrected chi connectivity index (χ4v) is 1.31. The third-order valence-electron chi connectivity index (χ3n) is 1.90. The van der Waals surface area contributed by atoms with E-state index in [4.69, 9.17) is 0 Å². The highest BCUT2D eigenvalue weighted by molar-refractivity contribution is 5.82. The lowest BCUT2D eigenvalue weighted by Crippen LogP contribution is -2.22. The van der Waals surface area contributed by atoms with Crippen molar-refractivity contribution < 1.29 is 4.79 Å². The second-order valence-corrected chi connectivity index (χ2v) is 3.66. The Morgan fingerprint density at radius 2 is 2.29 bits per heavy atom. The molecule has 0 aliphatic rings. The molecule has 0 amide bonds. The third-order valence-corrected chi connectivity index (χ3v) is 1.90. The van der Waals surface area contributed by atoms with E-state index in [0.717, 1.165) is 12.1 Å². The molecular weight excluding hydrogens is 178 g/mol. The maximum atomic E-state index is 11.4. The molecule has 1 aromatic rings. The molecule has 0 aliphatic heterocycles. The first-order chi connectivity index (χ1) is 6.61.